The van der Waals surface area contributed by atoms with Gasteiger partial charge < -0.3 is 10.1 Å². The van der Waals surface area contributed by atoms with E-state index in [9.17, 15) is 4.79 Å². The van der Waals surface area contributed by atoms with E-state index >= 15 is 0 Å². The van der Waals surface area contributed by atoms with Crippen LogP contribution in [0.5, 0.6) is 0 Å². The molecule has 0 bridgehead atoms. The van der Waals surface area contributed by atoms with Crippen molar-refractivity contribution in [1.82, 2.24) is 0 Å². The predicted octanol–water partition coefficient (Wildman–Crippen LogP) is 4.98. The zero-order valence-electron chi connectivity index (χ0n) is 11.0. The molecule has 106 valence electrons. The molecule has 20 heavy (non-hydrogen) atoms. The Morgan fingerprint density at radius 1 is 1.40 bits per heavy atom. The summed E-state index contributed by atoms with van der Waals surface area (Å²) in [5.41, 5.74) is 2.75. The van der Waals surface area contributed by atoms with Crippen LogP contribution >= 0.6 is 43.2 Å². The van der Waals surface area contributed by atoms with Crippen molar-refractivity contribution in [3.05, 3.63) is 48.5 Å². The van der Waals surface area contributed by atoms with E-state index in [1.54, 1.807) is 7.11 Å². The van der Waals surface area contributed by atoms with Gasteiger partial charge >= 0.3 is 0 Å². The Morgan fingerprint density at radius 2 is 2.15 bits per heavy atom. The van der Waals surface area contributed by atoms with Crippen molar-refractivity contribution in [1.29, 1.82) is 0 Å². The SMILES string of the molecule is COCc1c(Br)cccc1NC(=O)c1cc(C)c(Br)s1. The summed E-state index contributed by atoms with van der Waals surface area (Å²) in [6, 6.07) is 7.55. The van der Waals surface area contributed by atoms with E-state index in [-0.39, 0.29) is 5.91 Å². The average Bonchev–Trinajstić information content (AvgIpc) is 2.74. The minimum atomic E-state index is -0.112. The molecule has 1 aromatic heterocycles. The fourth-order valence-electron chi connectivity index (χ4n) is 1.72. The number of amides is 1. The molecule has 0 fully saturated rings. The third-order valence-electron chi connectivity index (χ3n) is 2.74. The van der Waals surface area contributed by atoms with Gasteiger partial charge in [0.05, 0.1) is 15.3 Å². The smallest absolute Gasteiger partial charge is 0.265 e. The second kappa shape index (κ2) is 6.85. The van der Waals surface area contributed by atoms with Crippen LogP contribution in [0.25, 0.3) is 0 Å². The molecule has 0 aliphatic rings. The predicted molar refractivity (Wildman–Crippen MR) is 89.6 cm³/mol. The lowest BCUT2D eigenvalue weighted by molar-refractivity contribution is 0.103. The minimum absolute atomic E-state index is 0.112. The molecule has 0 atom stereocenters. The molecular formula is C14H13Br2NO2S. The molecule has 3 nitrogen and oxygen atoms in total. The summed E-state index contributed by atoms with van der Waals surface area (Å²) in [5.74, 6) is -0.112. The Kier molecular flexibility index (Phi) is 5.37. The molecule has 0 saturated carbocycles. The van der Waals surface area contributed by atoms with Gasteiger partial charge in [-0.1, -0.05) is 22.0 Å². The first kappa shape index (κ1) is 15.7. The van der Waals surface area contributed by atoms with Crippen molar-refractivity contribution in [2.75, 3.05) is 12.4 Å². The largest absolute Gasteiger partial charge is 0.380 e. The summed E-state index contributed by atoms with van der Waals surface area (Å²) in [7, 11) is 1.63. The molecule has 1 heterocycles. The van der Waals surface area contributed by atoms with Crippen LogP contribution in [0.4, 0.5) is 5.69 Å². The van der Waals surface area contributed by atoms with Crippen LogP contribution in [0.3, 0.4) is 0 Å². The highest BCUT2D eigenvalue weighted by atomic mass is 79.9. The highest BCUT2D eigenvalue weighted by Gasteiger charge is 2.14. The van der Waals surface area contributed by atoms with Gasteiger partial charge in [-0.25, -0.2) is 0 Å². The second-order valence-electron chi connectivity index (χ2n) is 4.22. The molecule has 0 saturated heterocycles. The number of aryl methyl sites for hydroxylation is 1. The van der Waals surface area contributed by atoms with Gasteiger partial charge in [0.2, 0.25) is 0 Å². The Balaban J connectivity index is 2.25. The van der Waals surface area contributed by atoms with Crippen LogP contribution < -0.4 is 5.32 Å². The molecule has 2 aromatic rings. The van der Waals surface area contributed by atoms with Gasteiger partial charge in [0, 0.05) is 22.8 Å². The fourth-order valence-corrected chi connectivity index (χ4v) is 3.63. The first-order chi connectivity index (χ1) is 9.52. The Labute approximate surface area is 138 Å². The first-order valence-electron chi connectivity index (χ1n) is 5.86. The molecule has 0 spiro atoms. The Hall–Kier alpha value is -0.690. The third-order valence-corrected chi connectivity index (χ3v) is 5.62. The van der Waals surface area contributed by atoms with Gasteiger partial charge in [0.25, 0.3) is 5.91 Å². The summed E-state index contributed by atoms with van der Waals surface area (Å²) in [4.78, 5) is 12.9. The molecule has 6 heteroatoms. The topological polar surface area (TPSA) is 38.3 Å². The van der Waals surface area contributed by atoms with Crippen molar-refractivity contribution < 1.29 is 9.53 Å². The van der Waals surface area contributed by atoms with Crippen LogP contribution in [-0.2, 0) is 11.3 Å². The maximum Gasteiger partial charge on any atom is 0.265 e. The number of hydrogen-bond acceptors (Lipinski definition) is 3. The summed E-state index contributed by atoms with van der Waals surface area (Å²) in [6.45, 7) is 2.40. The van der Waals surface area contributed by atoms with Crippen molar-refractivity contribution >= 4 is 54.8 Å². The van der Waals surface area contributed by atoms with Gasteiger partial charge in [-0.3, -0.25) is 4.79 Å². The lowest BCUT2D eigenvalue weighted by Crippen LogP contribution is -2.12. The van der Waals surface area contributed by atoms with Gasteiger partial charge in [-0.05, 0) is 46.6 Å². The van der Waals surface area contributed by atoms with Crippen LogP contribution in [0, 0.1) is 6.92 Å². The zero-order valence-corrected chi connectivity index (χ0v) is 15.0. The van der Waals surface area contributed by atoms with E-state index in [0.717, 1.165) is 25.1 Å². The summed E-state index contributed by atoms with van der Waals surface area (Å²) in [5, 5.41) is 2.93. The minimum Gasteiger partial charge on any atom is -0.380 e. The van der Waals surface area contributed by atoms with E-state index in [4.69, 9.17) is 4.74 Å². The third kappa shape index (κ3) is 3.49. The maximum atomic E-state index is 12.3. The highest BCUT2D eigenvalue weighted by Crippen LogP contribution is 2.29. The first-order valence-corrected chi connectivity index (χ1v) is 8.26. The normalized spacial score (nSPS) is 10.6. The monoisotopic (exact) mass is 417 g/mol. The molecule has 1 amide bonds. The van der Waals surface area contributed by atoms with Crippen molar-refractivity contribution in [3.8, 4) is 0 Å². The quantitative estimate of drug-likeness (QED) is 0.760. The van der Waals surface area contributed by atoms with Gasteiger partial charge in [-0.15, -0.1) is 11.3 Å². The van der Waals surface area contributed by atoms with E-state index in [0.29, 0.717) is 11.5 Å². The molecule has 0 aliphatic carbocycles. The van der Waals surface area contributed by atoms with Crippen LogP contribution in [0.2, 0.25) is 0 Å². The fraction of sp³-hybridized carbons (Fsp3) is 0.214. The molecule has 2 rings (SSSR count). The van der Waals surface area contributed by atoms with E-state index in [1.807, 2.05) is 31.2 Å². The number of halogens is 2. The highest BCUT2D eigenvalue weighted by molar-refractivity contribution is 9.11. The number of hydrogen-bond donors (Lipinski definition) is 1. The van der Waals surface area contributed by atoms with Crippen molar-refractivity contribution in [2.45, 2.75) is 13.5 Å². The van der Waals surface area contributed by atoms with Gasteiger partial charge in [0.15, 0.2) is 0 Å². The van der Waals surface area contributed by atoms with Crippen molar-refractivity contribution in [2.24, 2.45) is 0 Å². The van der Waals surface area contributed by atoms with E-state index in [1.165, 1.54) is 11.3 Å². The van der Waals surface area contributed by atoms with Gasteiger partial charge in [-0.2, -0.15) is 0 Å². The van der Waals surface area contributed by atoms with Crippen LogP contribution in [0.1, 0.15) is 20.8 Å². The Morgan fingerprint density at radius 3 is 2.75 bits per heavy atom. The lowest BCUT2D eigenvalue weighted by Gasteiger charge is -2.11. The number of carbonyl (C=O) groups is 1. The summed E-state index contributed by atoms with van der Waals surface area (Å²) < 4.78 is 7.07. The summed E-state index contributed by atoms with van der Waals surface area (Å²) in [6.07, 6.45) is 0. The second-order valence-corrected chi connectivity index (χ2v) is 7.44. The molecule has 0 unspecified atom stereocenters. The van der Waals surface area contributed by atoms with Gasteiger partial charge in [0.1, 0.15) is 0 Å². The van der Waals surface area contributed by atoms with E-state index < -0.39 is 0 Å². The number of benzene rings is 1. The Bertz CT molecular complexity index is 621. The number of rotatable bonds is 4. The van der Waals surface area contributed by atoms with Crippen LogP contribution in [0.15, 0.2) is 32.5 Å². The molecule has 1 aromatic carbocycles. The van der Waals surface area contributed by atoms with E-state index in [2.05, 4.69) is 37.2 Å². The number of thiophene rings is 1. The zero-order chi connectivity index (χ0) is 14.7. The maximum absolute atomic E-state index is 12.3. The van der Waals surface area contributed by atoms with Crippen LogP contribution in [-0.4, -0.2) is 13.0 Å². The summed E-state index contributed by atoms with van der Waals surface area (Å²) >= 11 is 8.33. The number of anilines is 1. The number of nitrogens with one attached hydrogen (secondary N) is 1. The number of ether oxygens (including phenoxy) is 1. The average molecular weight is 419 g/mol. The molecule has 1 N–H and O–H groups in total. The van der Waals surface area contributed by atoms with Crippen molar-refractivity contribution in [3.63, 3.8) is 0 Å². The molecular weight excluding hydrogens is 406 g/mol. The number of methoxy groups -OCH3 is 1. The molecule has 0 aliphatic heterocycles. The standard InChI is InChI=1S/C14H13Br2NO2S/c1-8-6-12(20-13(8)16)14(18)17-11-5-3-4-10(15)9(11)7-19-2/h3-6H,7H2,1-2H3,(H,17,18). The lowest BCUT2D eigenvalue weighted by atomic mass is 10.2. The molecule has 0 radical (unpaired) electrons. The number of carbonyl (C=O) groups excluding carboxylic acids is 1.